The zero-order valence-electron chi connectivity index (χ0n) is 7.72. The maximum atomic E-state index is 6.14. The molecule has 1 aliphatic rings. The molecule has 2 N–H and O–H groups in total. The number of hydrogen-bond donors (Lipinski definition) is 1. The lowest BCUT2D eigenvalue weighted by Crippen LogP contribution is -2.20. The van der Waals surface area contributed by atoms with E-state index in [1.807, 2.05) is 0 Å². The fraction of sp³-hybridized carbons (Fsp3) is 0.455. The van der Waals surface area contributed by atoms with E-state index in [2.05, 4.69) is 32.0 Å². The van der Waals surface area contributed by atoms with Gasteiger partial charge in [-0.15, -0.1) is 0 Å². The fourth-order valence-electron chi connectivity index (χ4n) is 1.68. The van der Waals surface area contributed by atoms with Crippen LogP contribution in [0.2, 0.25) is 0 Å². The summed E-state index contributed by atoms with van der Waals surface area (Å²) in [5.41, 5.74) is 10.2. The summed E-state index contributed by atoms with van der Waals surface area (Å²) in [5.74, 6) is 0. The standard InChI is InChI=1S/C11H15N/c1-8-3-4-9(2)10(7-8)11(12)5-6-11/h3-4,7H,5-6,12H2,1-2H3. The summed E-state index contributed by atoms with van der Waals surface area (Å²) in [6, 6.07) is 6.53. The largest absolute Gasteiger partial charge is 0.321 e. The van der Waals surface area contributed by atoms with Crippen LogP contribution >= 0.6 is 0 Å². The predicted octanol–water partition coefficient (Wildman–Crippen LogP) is 2.25. The average Bonchev–Trinajstić information content (AvgIpc) is 2.75. The normalized spacial score (nSPS) is 19.2. The minimum absolute atomic E-state index is 0.0239. The van der Waals surface area contributed by atoms with Gasteiger partial charge in [-0.25, -0.2) is 0 Å². The van der Waals surface area contributed by atoms with Gasteiger partial charge in [0.1, 0.15) is 0 Å². The van der Waals surface area contributed by atoms with Gasteiger partial charge in [0.25, 0.3) is 0 Å². The molecule has 0 spiro atoms. The summed E-state index contributed by atoms with van der Waals surface area (Å²) in [4.78, 5) is 0. The number of rotatable bonds is 1. The quantitative estimate of drug-likeness (QED) is 0.671. The van der Waals surface area contributed by atoms with E-state index in [0.29, 0.717) is 0 Å². The molecule has 1 fully saturated rings. The number of hydrogen-bond acceptors (Lipinski definition) is 1. The minimum Gasteiger partial charge on any atom is -0.321 e. The van der Waals surface area contributed by atoms with Crippen molar-refractivity contribution in [2.24, 2.45) is 5.73 Å². The Morgan fingerprint density at radius 1 is 1.25 bits per heavy atom. The van der Waals surface area contributed by atoms with Crippen LogP contribution < -0.4 is 5.73 Å². The van der Waals surface area contributed by atoms with Crippen LogP contribution in [0.3, 0.4) is 0 Å². The Bertz CT molecular complexity index is 311. The first-order valence-electron chi connectivity index (χ1n) is 4.48. The van der Waals surface area contributed by atoms with Gasteiger partial charge in [0.15, 0.2) is 0 Å². The predicted molar refractivity (Wildman–Crippen MR) is 51.0 cm³/mol. The molecule has 0 radical (unpaired) electrons. The Hall–Kier alpha value is -0.820. The average molecular weight is 161 g/mol. The van der Waals surface area contributed by atoms with Gasteiger partial charge in [0.05, 0.1) is 0 Å². The van der Waals surface area contributed by atoms with Crippen LogP contribution in [-0.2, 0) is 5.54 Å². The van der Waals surface area contributed by atoms with Gasteiger partial charge in [-0.1, -0.05) is 23.8 Å². The van der Waals surface area contributed by atoms with Crippen molar-refractivity contribution in [3.8, 4) is 0 Å². The molecule has 0 heterocycles. The molecule has 1 nitrogen and oxygen atoms in total. The van der Waals surface area contributed by atoms with E-state index in [-0.39, 0.29) is 5.54 Å². The third kappa shape index (κ3) is 1.14. The summed E-state index contributed by atoms with van der Waals surface area (Å²) in [6.07, 6.45) is 2.30. The second-order valence-corrected chi connectivity index (χ2v) is 3.97. The van der Waals surface area contributed by atoms with E-state index in [0.717, 1.165) is 12.8 Å². The highest BCUT2D eigenvalue weighted by Gasteiger charge is 2.40. The topological polar surface area (TPSA) is 26.0 Å². The molecule has 0 unspecified atom stereocenters. The SMILES string of the molecule is Cc1ccc(C)c(C2(N)CC2)c1. The van der Waals surface area contributed by atoms with Gasteiger partial charge in [-0.05, 0) is 37.8 Å². The molecule has 64 valence electrons. The molecule has 0 atom stereocenters. The number of nitrogens with two attached hydrogens (primary N) is 1. The summed E-state index contributed by atoms with van der Waals surface area (Å²) >= 11 is 0. The highest BCUT2D eigenvalue weighted by molar-refractivity contribution is 5.39. The molecule has 0 bridgehead atoms. The lowest BCUT2D eigenvalue weighted by molar-refractivity contribution is 0.732. The van der Waals surface area contributed by atoms with Gasteiger partial charge < -0.3 is 5.73 Å². The van der Waals surface area contributed by atoms with E-state index in [4.69, 9.17) is 5.73 Å². The molecule has 0 amide bonds. The Labute approximate surface area is 73.6 Å². The maximum Gasteiger partial charge on any atom is 0.0414 e. The van der Waals surface area contributed by atoms with Crippen molar-refractivity contribution in [3.63, 3.8) is 0 Å². The smallest absolute Gasteiger partial charge is 0.0414 e. The lowest BCUT2D eigenvalue weighted by atomic mass is 9.98. The molecule has 2 rings (SSSR count). The second-order valence-electron chi connectivity index (χ2n) is 3.97. The highest BCUT2D eigenvalue weighted by atomic mass is 14.8. The lowest BCUT2D eigenvalue weighted by Gasteiger charge is -2.13. The second kappa shape index (κ2) is 2.33. The van der Waals surface area contributed by atoms with E-state index >= 15 is 0 Å². The zero-order valence-corrected chi connectivity index (χ0v) is 7.72. The van der Waals surface area contributed by atoms with E-state index in [1.54, 1.807) is 0 Å². The van der Waals surface area contributed by atoms with Crippen molar-refractivity contribution in [3.05, 3.63) is 34.9 Å². The molecule has 1 aromatic rings. The van der Waals surface area contributed by atoms with Crippen LogP contribution in [-0.4, -0.2) is 0 Å². The molecular formula is C11H15N. The maximum absolute atomic E-state index is 6.14. The summed E-state index contributed by atoms with van der Waals surface area (Å²) < 4.78 is 0. The van der Waals surface area contributed by atoms with Crippen molar-refractivity contribution in [1.29, 1.82) is 0 Å². The van der Waals surface area contributed by atoms with Crippen molar-refractivity contribution >= 4 is 0 Å². The first-order chi connectivity index (χ1) is 5.62. The van der Waals surface area contributed by atoms with E-state index in [9.17, 15) is 0 Å². The van der Waals surface area contributed by atoms with Crippen molar-refractivity contribution in [2.45, 2.75) is 32.2 Å². The number of benzene rings is 1. The van der Waals surface area contributed by atoms with Crippen LogP contribution in [0.15, 0.2) is 18.2 Å². The van der Waals surface area contributed by atoms with Crippen LogP contribution in [0.4, 0.5) is 0 Å². The van der Waals surface area contributed by atoms with E-state index in [1.165, 1.54) is 16.7 Å². The molecule has 1 heteroatoms. The van der Waals surface area contributed by atoms with Gasteiger partial charge in [0, 0.05) is 5.54 Å². The van der Waals surface area contributed by atoms with Gasteiger partial charge >= 0.3 is 0 Å². The first-order valence-corrected chi connectivity index (χ1v) is 4.48. The Kier molecular flexibility index (Phi) is 1.52. The van der Waals surface area contributed by atoms with Crippen molar-refractivity contribution in [2.75, 3.05) is 0 Å². The van der Waals surface area contributed by atoms with Crippen molar-refractivity contribution in [1.82, 2.24) is 0 Å². The Morgan fingerprint density at radius 2 is 1.92 bits per heavy atom. The molecule has 0 aromatic heterocycles. The molecule has 12 heavy (non-hydrogen) atoms. The van der Waals surface area contributed by atoms with Gasteiger partial charge in [-0.3, -0.25) is 0 Å². The first kappa shape index (κ1) is 7.81. The summed E-state index contributed by atoms with van der Waals surface area (Å²) in [6.45, 7) is 4.26. The van der Waals surface area contributed by atoms with Crippen LogP contribution in [0.5, 0.6) is 0 Å². The van der Waals surface area contributed by atoms with E-state index < -0.39 is 0 Å². The van der Waals surface area contributed by atoms with Gasteiger partial charge in [0.2, 0.25) is 0 Å². The summed E-state index contributed by atoms with van der Waals surface area (Å²) in [5, 5.41) is 0. The molecule has 0 saturated heterocycles. The minimum atomic E-state index is 0.0239. The van der Waals surface area contributed by atoms with Crippen LogP contribution in [0.1, 0.15) is 29.5 Å². The third-order valence-electron chi connectivity index (χ3n) is 2.72. The van der Waals surface area contributed by atoms with Crippen LogP contribution in [0, 0.1) is 13.8 Å². The van der Waals surface area contributed by atoms with Crippen molar-refractivity contribution < 1.29 is 0 Å². The Balaban J connectivity index is 2.48. The molecule has 1 saturated carbocycles. The zero-order chi connectivity index (χ0) is 8.77. The Morgan fingerprint density at radius 3 is 2.50 bits per heavy atom. The third-order valence-corrected chi connectivity index (χ3v) is 2.72. The number of aryl methyl sites for hydroxylation is 2. The molecule has 1 aliphatic carbocycles. The fourth-order valence-corrected chi connectivity index (χ4v) is 1.68. The van der Waals surface area contributed by atoms with Gasteiger partial charge in [-0.2, -0.15) is 0 Å². The summed E-state index contributed by atoms with van der Waals surface area (Å²) in [7, 11) is 0. The molecule has 0 aliphatic heterocycles. The monoisotopic (exact) mass is 161 g/mol. The van der Waals surface area contributed by atoms with Crippen LogP contribution in [0.25, 0.3) is 0 Å². The molecule has 1 aromatic carbocycles. The molecular weight excluding hydrogens is 146 g/mol. The highest BCUT2D eigenvalue weighted by Crippen LogP contribution is 2.44.